The van der Waals surface area contributed by atoms with Gasteiger partial charge in [0.2, 0.25) is 0 Å². The molecule has 0 aromatic rings. The zero-order valence-corrected chi connectivity index (χ0v) is 14.4. The third kappa shape index (κ3) is 6.56. The van der Waals surface area contributed by atoms with Crippen LogP contribution < -0.4 is 5.73 Å². The highest BCUT2D eigenvalue weighted by Gasteiger charge is 2.30. The van der Waals surface area contributed by atoms with Gasteiger partial charge in [-0.2, -0.15) is 5.26 Å². The molecule has 0 saturated carbocycles. The van der Waals surface area contributed by atoms with Crippen molar-refractivity contribution >= 4 is 8.53 Å². The third-order valence-electron chi connectivity index (χ3n) is 3.17. The second kappa shape index (κ2) is 9.68. The zero-order valence-electron chi connectivity index (χ0n) is 13.5. The molecule has 1 fully saturated rings. The average Bonchev–Trinajstić information content (AvgIpc) is 2.80. The first kappa shape index (κ1) is 18.8. The highest BCUT2D eigenvalue weighted by molar-refractivity contribution is 7.44. The Hall–Kier alpha value is -0.280. The summed E-state index contributed by atoms with van der Waals surface area (Å²) in [5.41, 5.74) is 5.74. The lowest BCUT2D eigenvalue weighted by molar-refractivity contribution is 0.0162. The molecule has 1 saturated heterocycles. The summed E-state index contributed by atoms with van der Waals surface area (Å²) in [6, 6.07) is 2.71. The fourth-order valence-electron chi connectivity index (χ4n) is 2.32. The van der Waals surface area contributed by atoms with Gasteiger partial charge >= 0.3 is 0 Å². The Morgan fingerprint density at radius 2 is 1.95 bits per heavy atom. The number of hydrogen-bond donors (Lipinski definition) is 1. The van der Waals surface area contributed by atoms with E-state index in [0.717, 1.165) is 12.8 Å². The summed E-state index contributed by atoms with van der Waals surface area (Å²) < 4.78 is 19.6. The van der Waals surface area contributed by atoms with E-state index in [1.165, 1.54) is 0 Å². The lowest BCUT2D eigenvalue weighted by Gasteiger charge is -2.35. The van der Waals surface area contributed by atoms with Crippen LogP contribution in [0.5, 0.6) is 0 Å². The van der Waals surface area contributed by atoms with Crippen molar-refractivity contribution < 1.29 is 13.8 Å². The maximum absolute atomic E-state index is 8.66. The molecule has 0 bridgehead atoms. The van der Waals surface area contributed by atoms with Gasteiger partial charge in [0.25, 0.3) is 8.53 Å². The molecule has 0 aromatic heterocycles. The van der Waals surface area contributed by atoms with Gasteiger partial charge in [0.05, 0.1) is 31.8 Å². The molecule has 3 atom stereocenters. The Balaban J connectivity index is 2.55. The lowest BCUT2D eigenvalue weighted by Crippen LogP contribution is -2.34. The minimum atomic E-state index is -1.18. The van der Waals surface area contributed by atoms with Gasteiger partial charge in [0, 0.05) is 12.1 Å². The van der Waals surface area contributed by atoms with Gasteiger partial charge in [-0.05, 0) is 40.5 Å². The number of nitrogens with two attached hydrogens (primary N) is 1. The molecule has 0 spiro atoms. The molecule has 7 heteroatoms. The van der Waals surface area contributed by atoms with E-state index in [1.807, 2.05) is 0 Å². The van der Waals surface area contributed by atoms with Crippen LogP contribution in [0.15, 0.2) is 0 Å². The van der Waals surface area contributed by atoms with Crippen LogP contribution in [0, 0.1) is 11.3 Å². The SMILES string of the molecule is CC(C)N(C(C)C)P(OCCC#N)OCC1CCC(N)O1. The van der Waals surface area contributed by atoms with Crippen LogP contribution in [0.25, 0.3) is 0 Å². The summed E-state index contributed by atoms with van der Waals surface area (Å²) in [7, 11) is -1.18. The van der Waals surface area contributed by atoms with Crippen LogP contribution >= 0.6 is 8.53 Å². The monoisotopic (exact) mass is 317 g/mol. The maximum Gasteiger partial charge on any atom is 0.259 e. The number of nitriles is 1. The smallest absolute Gasteiger partial charge is 0.259 e. The van der Waals surface area contributed by atoms with E-state index < -0.39 is 8.53 Å². The van der Waals surface area contributed by atoms with Gasteiger partial charge in [-0.15, -0.1) is 0 Å². The molecular formula is C14H28N3O3P. The van der Waals surface area contributed by atoms with Crippen molar-refractivity contribution in [3.63, 3.8) is 0 Å². The van der Waals surface area contributed by atoms with Crippen molar-refractivity contribution in [2.45, 2.75) is 71.4 Å². The Kier molecular flexibility index (Phi) is 8.65. The molecule has 1 aliphatic heterocycles. The molecule has 0 aliphatic carbocycles. The Morgan fingerprint density at radius 3 is 2.43 bits per heavy atom. The normalized spacial score (nSPS) is 24.0. The molecule has 122 valence electrons. The Morgan fingerprint density at radius 1 is 1.29 bits per heavy atom. The number of ether oxygens (including phenoxy) is 1. The van der Waals surface area contributed by atoms with Crippen molar-refractivity contribution in [1.29, 1.82) is 5.26 Å². The van der Waals surface area contributed by atoms with Crippen molar-refractivity contribution in [1.82, 2.24) is 4.67 Å². The molecule has 3 unspecified atom stereocenters. The second-order valence-corrected chi connectivity index (χ2v) is 7.17. The summed E-state index contributed by atoms with van der Waals surface area (Å²) in [4.78, 5) is 0. The first-order valence-electron chi connectivity index (χ1n) is 7.57. The van der Waals surface area contributed by atoms with E-state index in [4.69, 9.17) is 24.8 Å². The van der Waals surface area contributed by atoms with Crippen molar-refractivity contribution in [3.05, 3.63) is 0 Å². The minimum absolute atomic E-state index is 0.0470. The molecule has 1 rings (SSSR count). The standard InChI is InChI=1S/C14H28N3O3P/c1-11(2)17(12(3)4)21(18-9-5-8-15)19-10-13-6-7-14(16)20-13/h11-14H,5-7,9-10,16H2,1-4H3. The zero-order chi connectivity index (χ0) is 15.8. The van der Waals surface area contributed by atoms with Gasteiger partial charge in [0.15, 0.2) is 0 Å². The Bertz CT molecular complexity index is 328. The van der Waals surface area contributed by atoms with Crippen molar-refractivity contribution in [2.24, 2.45) is 5.73 Å². The minimum Gasteiger partial charge on any atom is -0.358 e. The van der Waals surface area contributed by atoms with Crippen molar-refractivity contribution in [3.8, 4) is 6.07 Å². The fraction of sp³-hybridized carbons (Fsp3) is 0.929. The van der Waals surface area contributed by atoms with E-state index >= 15 is 0 Å². The molecule has 0 amide bonds. The summed E-state index contributed by atoms with van der Waals surface area (Å²) in [6.07, 6.45) is 2.05. The van der Waals surface area contributed by atoms with Gasteiger partial charge in [-0.3, -0.25) is 0 Å². The molecule has 1 aliphatic rings. The molecule has 2 N–H and O–H groups in total. The first-order valence-corrected chi connectivity index (χ1v) is 8.71. The fourth-order valence-corrected chi connectivity index (χ4v) is 3.95. The largest absolute Gasteiger partial charge is 0.358 e. The molecular weight excluding hydrogens is 289 g/mol. The van der Waals surface area contributed by atoms with Crippen LogP contribution in [0.1, 0.15) is 47.0 Å². The summed E-state index contributed by atoms with van der Waals surface area (Å²) in [6.45, 7) is 9.36. The Labute approximate surface area is 129 Å². The predicted molar refractivity (Wildman–Crippen MR) is 83.2 cm³/mol. The third-order valence-corrected chi connectivity index (χ3v) is 5.25. The maximum atomic E-state index is 8.66. The van der Waals surface area contributed by atoms with Gasteiger partial charge in [-0.25, -0.2) is 4.67 Å². The van der Waals surface area contributed by atoms with Gasteiger partial charge < -0.3 is 19.5 Å². The molecule has 6 nitrogen and oxygen atoms in total. The van der Waals surface area contributed by atoms with Gasteiger partial charge in [-0.1, -0.05) is 0 Å². The number of hydrogen-bond acceptors (Lipinski definition) is 6. The van der Waals surface area contributed by atoms with E-state index in [2.05, 4.69) is 38.4 Å². The molecule has 1 heterocycles. The van der Waals surface area contributed by atoms with Gasteiger partial charge in [0.1, 0.15) is 6.23 Å². The quantitative estimate of drug-likeness (QED) is 0.520. The van der Waals surface area contributed by atoms with E-state index in [1.54, 1.807) is 0 Å². The second-order valence-electron chi connectivity index (χ2n) is 5.72. The predicted octanol–water partition coefficient (Wildman–Crippen LogP) is 2.74. The van der Waals surface area contributed by atoms with Crippen molar-refractivity contribution in [2.75, 3.05) is 13.2 Å². The molecule has 0 aromatic carbocycles. The van der Waals surface area contributed by atoms with Crippen LogP contribution in [0.3, 0.4) is 0 Å². The summed E-state index contributed by atoms with van der Waals surface area (Å²) in [5.74, 6) is 0. The highest BCUT2D eigenvalue weighted by atomic mass is 31.2. The highest BCUT2D eigenvalue weighted by Crippen LogP contribution is 2.46. The van der Waals surface area contributed by atoms with E-state index in [-0.39, 0.29) is 12.3 Å². The molecule has 0 radical (unpaired) electrons. The van der Waals surface area contributed by atoms with E-state index in [0.29, 0.717) is 31.7 Å². The summed E-state index contributed by atoms with van der Waals surface area (Å²) in [5, 5.41) is 8.66. The number of rotatable bonds is 9. The van der Waals surface area contributed by atoms with Crippen LogP contribution in [-0.4, -0.2) is 42.3 Å². The lowest BCUT2D eigenvalue weighted by atomic mass is 10.2. The number of nitrogens with zero attached hydrogens (tertiary/aromatic N) is 2. The molecule has 21 heavy (non-hydrogen) atoms. The summed E-state index contributed by atoms with van der Waals surface area (Å²) >= 11 is 0. The van der Waals surface area contributed by atoms with Crippen LogP contribution in [-0.2, 0) is 13.8 Å². The van der Waals surface area contributed by atoms with Crippen LogP contribution in [0.4, 0.5) is 0 Å². The average molecular weight is 317 g/mol. The topological polar surface area (TPSA) is 80.7 Å². The van der Waals surface area contributed by atoms with Crippen LogP contribution in [0.2, 0.25) is 0 Å². The first-order chi connectivity index (χ1) is 9.95. The van der Waals surface area contributed by atoms with E-state index in [9.17, 15) is 0 Å².